The van der Waals surface area contributed by atoms with Crippen molar-refractivity contribution in [3.8, 4) is 0 Å². The molecule has 1 aliphatic carbocycles. The van der Waals surface area contributed by atoms with E-state index in [0.717, 1.165) is 36.1 Å². The summed E-state index contributed by atoms with van der Waals surface area (Å²) < 4.78 is 0. The second-order valence-electron chi connectivity index (χ2n) is 6.40. The van der Waals surface area contributed by atoms with Crippen LogP contribution in [0.5, 0.6) is 0 Å². The molecule has 1 fully saturated rings. The van der Waals surface area contributed by atoms with Crippen LogP contribution in [0.15, 0.2) is 18.2 Å². The molecule has 118 valence electrons. The molecule has 1 aliphatic heterocycles. The van der Waals surface area contributed by atoms with Gasteiger partial charge in [-0.05, 0) is 56.2 Å². The first-order chi connectivity index (χ1) is 10.5. The molecular weight excluding hydrogens is 280 g/mol. The van der Waals surface area contributed by atoms with Crippen LogP contribution in [0, 0.1) is 0 Å². The average molecular weight is 302 g/mol. The summed E-state index contributed by atoms with van der Waals surface area (Å²) in [4.78, 5) is 23.6. The van der Waals surface area contributed by atoms with E-state index < -0.39 is 5.60 Å². The molecule has 5 heteroatoms. The second-order valence-corrected chi connectivity index (χ2v) is 6.40. The molecule has 3 N–H and O–H groups in total. The molecule has 0 saturated heterocycles. The van der Waals surface area contributed by atoms with Crippen molar-refractivity contribution in [2.45, 2.75) is 57.1 Å². The van der Waals surface area contributed by atoms with Crippen LogP contribution < -0.4 is 10.6 Å². The van der Waals surface area contributed by atoms with Gasteiger partial charge in [0.15, 0.2) is 0 Å². The van der Waals surface area contributed by atoms with Crippen molar-refractivity contribution < 1.29 is 14.7 Å². The van der Waals surface area contributed by atoms with Gasteiger partial charge in [0.05, 0.1) is 6.04 Å². The van der Waals surface area contributed by atoms with Gasteiger partial charge >= 0.3 is 0 Å². The Hall–Kier alpha value is -1.88. The lowest BCUT2D eigenvalue weighted by Crippen LogP contribution is -2.45. The molecule has 3 rings (SSSR count). The first-order valence-electron chi connectivity index (χ1n) is 7.94. The van der Waals surface area contributed by atoms with E-state index in [1.54, 1.807) is 0 Å². The maximum atomic E-state index is 12.3. The van der Waals surface area contributed by atoms with Gasteiger partial charge in [-0.3, -0.25) is 9.59 Å². The van der Waals surface area contributed by atoms with Crippen molar-refractivity contribution in [3.63, 3.8) is 0 Å². The molecule has 1 aromatic carbocycles. The van der Waals surface area contributed by atoms with Crippen LogP contribution in [0.3, 0.4) is 0 Å². The van der Waals surface area contributed by atoms with Crippen molar-refractivity contribution in [3.05, 3.63) is 29.3 Å². The summed E-state index contributed by atoms with van der Waals surface area (Å²) in [5, 5.41) is 16.1. The van der Waals surface area contributed by atoms with E-state index in [4.69, 9.17) is 0 Å². The quantitative estimate of drug-likeness (QED) is 0.799. The molecule has 2 aliphatic rings. The third-order valence-corrected chi connectivity index (χ3v) is 4.73. The van der Waals surface area contributed by atoms with Crippen LogP contribution in [-0.4, -0.2) is 22.5 Å². The molecule has 22 heavy (non-hydrogen) atoms. The standard InChI is InChI=1S/C17H22N2O3/c1-11(18-16(21)17(22)8-2-3-9-17)12-4-6-14-13(10-12)5-7-15(20)19-14/h4,6,10-11,22H,2-3,5,7-9H2,1H3,(H,18,21)(H,19,20). The molecule has 1 unspecified atom stereocenters. The van der Waals surface area contributed by atoms with Crippen LogP contribution in [0.1, 0.15) is 56.2 Å². The number of hydrogen-bond donors (Lipinski definition) is 3. The Morgan fingerprint density at radius 3 is 2.77 bits per heavy atom. The van der Waals surface area contributed by atoms with Crippen LogP contribution in [0.2, 0.25) is 0 Å². The molecule has 0 aromatic heterocycles. The minimum Gasteiger partial charge on any atom is -0.380 e. The van der Waals surface area contributed by atoms with E-state index in [9.17, 15) is 14.7 Å². The van der Waals surface area contributed by atoms with Crippen molar-refractivity contribution >= 4 is 17.5 Å². The Kier molecular flexibility index (Phi) is 3.91. The number of carbonyl (C=O) groups is 2. The Labute approximate surface area is 130 Å². The maximum absolute atomic E-state index is 12.3. The summed E-state index contributed by atoms with van der Waals surface area (Å²) in [7, 11) is 0. The molecule has 0 bridgehead atoms. The number of benzene rings is 1. The van der Waals surface area contributed by atoms with E-state index >= 15 is 0 Å². The summed E-state index contributed by atoms with van der Waals surface area (Å²) >= 11 is 0. The Balaban J connectivity index is 1.71. The number of amides is 2. The summed E-state index contributed by atoms with van der Waals surface area (Å²) in [5.41, 5.74) is 1.74. The number of nitrogens with one attached hydrogen (secondary N) is 2. The molecule has 1 heterocycles. The number of rotatable bonds is 3. The summed E-state index contributed by atoms with van der Waals surface area (Å²) in [5.74, 6) is -0.228. The highest BCUT2D eigenvalue weighted by Gasteiger charge is 2.39. The van der Waals surface area contributed by atoms with Crippen molar-refractivity contribution in [2.24, 2.45) is 0 Å². The normalized spacial score (nSPS) is 20.9. The van der Waals surface area contributed by atoms with Crippen molar-refractivity contribution in [1.82, 2.24) is 5.32 Å². The average Bonchev–Trinajstić information content (AvgIpc) is 2.94. The van der Waals surface area contributed by atoms with Crippen LogP contribution in [0.25, 0.3) is 0 Å². The zero-order valence-electron chi connectivity index (χ0n) is 12.8. The monoisotopic (exact) mass is 302 g/mol. The topological polar surface area (TPSA) is 78.4 Å². The van der Waals surface area contributed by atoms with Crippen LogP contribution >= 0.6 is 0 Å². The van der Waals surface area contributed by atoms with Gasteiger partial charge in [-0.15, -0.1) is 0 Å². The Morgan fingerprint density at radius 2 is 2.05 bits per heavy atom. The van der Waals surface area contributed by atoms with E-state index in [1.807, 2.05) is 25.1 Å². The van der Waals surface area contributed by atoms with Crippen molar-refractivity contribution in [1.29, 1.82) is 0 Å². The Bertz CT molecular complexity index is 606. The van der Waals surface area contributed by atoms with Gasteiger partial charge in [0.2, 0.25) is 5.91 Å². The fourth-order valence-corrected chi connectivity index (χ4v) is 3.27. The minimum atomic E-state index is -1.20. The van der Waals surface area contributed by atoms with Gasteiger partial charge in [-0.2, -0.15) is 0 Å². The van der Waals surface area contributed by atoms with Gasteiger partial charge in [-0.25, -0.2) is 0 Å². The van der Waals surface area contributed by atoms with Gasteiger partial charge in [0.1, 0.15) is 5.60 Å². The largest absolute Gasteiger partial charge is 0.380 e. The first kappa shape index (κ1) is 15.0. The van der Waals surface area contributed by atoms with Gasteiger partial charge in [-0.1, -0.05) is 12.1 Å². The molecule has 1 aromatic rings. The van der Waals surface area contributed by atoms with Gasteiger partial charge < -0.3 is 15.7 Å². The lowest BCUT2D eigenvalue weighted by Gasteiger charge is -2.25. The number of hydrogen-bond acceptors (Lipinski definition) is 3. The maximum Gasteiger partial charge on any atom is 0.252 e. The zero-order valence-corrected chi connectivity index (χ0v) is 12.8. The number of anilines is 1. The molecule has 2 amide bonds. The lowest BCUT2D eigenvalue weighted by atomic mass is 9.96. The number of aryl methyl sites for hydroxylation is 1. The number of fused-ring (bicyclic) bond motifs is 1. The molecule has 1 atom stereocenters. The summed E-state index contributed by atoms with van der Waals surface area (Å²) in [6, 6.07) is 5.65. The molecule has 0 spiro atoms. The minimum absolute atomic E-state index is 0.0463. The van der Waals surface area contributed by atoms with E-state index in [-0.39, 0.29) is 17.9 Å². The number of aliphatic hydroxyl groups is 1. The smallest absolute Gasteiger partial charge is 0.252 e. The molecular formula is C17H22N2O3. The zero-order chi connectivity index (χ0) is 15.7. The van der Waals surface area contributed by atoms with E-state index in [2.05, 4.69) is 10.6 Å². The van der Waals surface area contributed by atoms with Crippen LogP contribution in [-0.2, 0) is 16.0 Å². The molecule has 1 saturated carbocycles. The van der Waals surface area contributed by atoms with Gasteiger partial charge in [0, 0.05) is 12.1 Å². The van der Waals surface area contributed by atoms with E-state index in [1.165, 1.54) is 0 Å². The predicted molar refractivity (Wildman–Crippen MR) is 83.4 cm³/mol. The highest BCUT2D eigenvalue weighted by atomic mass is 16.3. The lowest BCUT2D eigenvalue weighted by molar-refractivity contribution is -0.139. The third-order valence-electron chi connectivity index (χ3n) is 4.73. The fraction of sp³-hybridized carbons (Fsp3) is 0.529. The third kappa shape index (κ3) is 2.86. The summed E-state index contributed by atoms with van der Waals surface area (Å²) in [6.45, 7) is 1.92. The first-order valence-corrected chi connectivity index (χ1v) is 7.94. The van der Waals surface area contributed by atoms with Gasteiger partial charge in [0.25, 0.3) is 5.91 Å². The fourth-order valence-electron chi connectivity index (χ4n) is 3.27. The van der Waals surface area contributed by atoms with Crippen LogP contribution in [0.4, 0.5) is 5.69 Å². The van der Waals surface area contributed by atoms with Crippen molar-refractivity contribution in [2.75, 3.05) is 5.32 Å². The highest BCUT2D eigenvalue weighted by molar-refractivity contribution is 5.94. The summed E-state index contributed by atoms with van der Waals surface area (Å²) in [6.07, 6.45) is 4.10. The SMILES string of the molecule is CC(NC(=O)C1(O)CCCC1)c1ccc2c(c1)CCC(=O)N2. The Morgan fingerprint density at radius 1 is 1.32 bits per heavy atom. The molecule has 5 nitrogen and oxygen atoms in total. The highest BCUT2D eigenvalue weighted by Crippen LogP contribution is 2.31. The molecule has 0 radical (unpaired) electrons. The predicted octanol–water partition coefficient (Wildman–Crippen LogP) is 2.05. The number of carbonyl (C=O) groups excluding carboxylic acids is 2. The second kappa shape index (κ2) is 5.72. The van der Waals surface area contributed by atoms with E-state index in [0.29, 0.717) is 19.3 Å².